The minimum absolute atomic E-state index is 0.235. The summed E-state index contributed by atoms with van der Waals surface area (Å²) in [6, 6.07) is -0.623. The Kier molecular flexibility index (Phi) is 6.77. The number of nitrogens with one attached hydrogen (secondary N) is 2. The molecule has 1 amide bonds. The molecule has 0 rings (SSSR count). The highest BCUT2D eigenvalue weighted by atomic mass is 16.3. The number of amides is 1. The molecule has 0 saturated carbocycles. The molecule has 0 heterocycles. The van der Waals surface area contributed by atoms with E-state index >= 15 is 0 Å². The maximum atomic E-state index is 11.9. The van der Waals surface area contributed by atoms with E-state index in [9.17, 15) is 20.1 Å². The first-order valence-corrected chi connectivity index (χ1v) is 6.18. The van der Waals surface area contributed by atoms with E-state index in [2.05, 4.69) is 10.6 Å². The molecule has 0 aromatic heterocycles. The fourth-order valence-electron chi connectivity index (χ4n) is 1.34. The van der Waals surface area contributed by atoms with Crippen molar-refractivity contribution in [3.63, 3.8) is 0 Å². The molecule has 0 saturated heterocycles. The summed E-state index contributed by atoms with van der Waals surface area (Å²) in [7, 11) is 0. The van der Waals surface area contributed by atoms with Crippen LogP contribution in [-0.2, 0) is 4.79 Å². The lowest BCUT2D eigenvalue weighted by molar-refractivity contribution is -0.125. The third-order valence-electron chi connectivity index (χ3n) is 3.17. The van der Waals surface area contributed by atoms with Crippen molar-refractivity contribution in [2.24, 2.45) is 0 Å². The van der Waals surface area contributed by atoms with Crippen LogP contribution in [-0.4, -0.2) is 58.2 Å². The minimum atomic E-state index is -1.24. The molecular weight excluding hydrogens is 236 g/mol. The summed E-state index contributed by atoms with van der Waals surface area (Å²) in [4.78, 5) is 11.9. The van der Waals surface area contributed by atoms with Crippen molar-refractivity contribution in [2.75, 3.05) is 19.8 Å². The Balaban J connectivity index is 4.57. The third kappa shape index (κ3) is 4.89. The molecule has 18 heavy (non-hydrogen) atoms. The van der Waals surface area contributed by atoms with E-state index in [1.54, 1.807) is 6.92 Å². The van der Waals surface area contributed by atoms with Crippen LogP contribution in [0.1, 0.15) is 34.1 Å². The monoisotopic (exact) mass is 262 g/mol. The molecule has 0 aliphatic heterocycles. The van der Waals surface area contributed by atoms with Crippen LogP contribution in [0.2, 0.25) is 0 Å². The SMILES string of the molecule is CCC(C)(C)NC(=O)C(C)NC(CO)(CO)CO. The predicted molar refractivity (Wildman–Crippen MR) is 69.1 cm³/mol. The second-order valence-corrected chi connectivity index (χ2v) is 5.35. The van der Waals surface area contributed by atoms with E-state index in [4.69, 9.17) is 0 Å². The Hall–Kier alpha value is -0.690. The molecule has 0 bridgehead atoms. The van der Waals surface area contributed by atoms with Crippen molar-refractivity contribution >= 4 is 5.91 Å². The molecule has 0 radical (unpaired) electrons. The highest BCUT2D eigenvalue weighted by Gasteiger charge is 2.32. The molecule has 6 nitrogen and oxygen atoms in total. The quantitative estimate of drug-likeness (QED) is 0.385. The summed E-state index contributed by atoms with van der Waals surface area (Å²) < 4.78 is 0. The van der Waals surface area contributed by atoms with Crippen LogP contribution in [0.3, 0.4) is 0 Å². The fourth-order valence-corrected chi connectivity index (χ4v) is 1.34. The Morgan fingerprint density at radius 3 is 1.94 bits per heavy atom. The number of hydrogen-bond acceptors (Lipinski definition) is 5. The lowest BCUT2D eigenvalue weighted by Crippen LogP contribution is -2.62. The largest absolute Gasteiger partial charge is 0.394 e. The van der Waals surface area contributed by atoms with Crippen LogP contribution in [0, 0.1) is 0 Å². The van der Waals surface area contributed by atoms with E-state index in [1.165, 1.54) is 0 Å². The van der Waals surface area contributed by atoms with E-state index < -0.39 is 31.4 Å². The van der Waals surface area contributed by atoms with Gasteiger partial charge in [0.2, 0.25) is 5.91 Å². The summed E-state index contributed by atoms with van der Waals surface area (Å²) >= 11 is 0. The maximum absolute atomic E-state index is 11.9. The van der Waals surface area contributed by atoms with Gasteiger partial charge in [0.1, 0.15) is 0 Å². The van der Waals surface area contributed by atoms with E-state index in [1.807, 2.05) is 20.8 Å². The molecule has 0 spiro atoms. The lowest BCUT2D eigenvalue weighted by atomic mass is 9.99. The topological polar surface area (TPSA) is 102 Å². The number of hydrogen-bond donors (Lipinski definition) is 5. The van der Waals surface area contributed by atoms with Gasteiger partial charge in [0.15, 0.2) is 0 Å². The maximum Gasteiger partial charge on any atom is 0.237 e. The van der Waals surface area contributed by atoms with Gasteiger partial charge in [-0.3, -0.25) is 10.1 Å². The second-order valence-electron chi connectivity index (χ2n) is 5.35. The zero-order valence-corrected chi connectivity index (χ0v) is 11.7. The molecular formula is C12H26N2O4. The Morgan fingerprint density at radius 1 is 1.17 bits per heavy atom. The molecule has 1 atom stereocenters. The van der Waals surface area contributed by atoms with Crippen molar-refractivity contribution in [3.8, 4) is 0 Å². The molecule has 0 aromatic carbocycles. The van der Waals surface area contributed by atoms with Crippen molar-refractivity contribution < 1.29 is 20.1 Å². The van der Waals surface area contributed by atoms with Gasteiger partial charge < -0.3 is 20.6 Å². The van der Waals surface area contributed by atoms with Crippen LogP contribution in [0.5, 0.6) is 0 Å². The smallest absolute Gasteiger partial charge is 0.237 e. The average Bonchev–Trinajstić information content (AvgIpc) is 2.35. The number of rotatable bonds is 8. The van der Waals surface area contributed by atoms with E-state index in [-0.39, 0.29) is 11.4 Å². The first kappa shape index (κ1) is 17.3. The standard InChI is InChI=1S/C12H26N2O4/c1-5-11(3,4)14-10(18)9(2)13-12(6-15,7-16)8-17/h9,13,15-17H,5-8H2,1-4H3,(H,14,18). The van der Waals surface area contributed by atoms with Gasteiger partial charge in [0.05, 0.1) is 31.4 Å². The summed E-state index contributed by atoms with van der Waals surface area (Å²) in [5, 5.41) is 33.1. The highest BCUT2D eigenvalue weighted by molar-refractivity contribution is 5.82. The number of carbonyl (C=O) groups excluding carboxylic acids is 1. The van der Waals surface area contributed by atoms with Gasteiger partial charge in [-0.1, -0.05) is 6.92 Å². The number of aliphatic hydroxyl groups excluding tert-OH is 3. The fraction of sp³-hybridized carbons (Fsp3) is 0.917. The normalized spacial score (nSPS) is 14.4. The Bertz CT molecular complexity index is 257. The molecule has 0 aliphatic rings. The van der Waals surface area contributed by atoms with Crippen molar-refractivity contribution in [1.82, 2.24) is 10.6 Å². The van der Waals surface area contributed by atoms with Crippen molar-refractivity contribution in [1.29, 1.82) is 0 Å². The zero-order chi connectivity index (χ0) is 14.4. The second kappa shape index (κ2) is 7.04. The van der Waals surface area contributed by atoms with Gasteiger partial charge >= 0.3 is 0 Å². The third-order valence-corrected chi connectivity index (χ3v) is 3.17. The molecule has 0 aromatic rings. The van der Waals surface area contributed by atoms with Crippen LogP contribution >= 0.6 is 0 Å². The Morgan fingerprint density at radius 2 is 1.61 bits per heavy atom. The first-order chi connectivity index (χ1) is 8.25. The molecule has 0 fully saturated rings. The van der Waals surface area contributed by atoms with Gasteiger partial charge in [-0.05, 0) is 27.2 Å². The summed E-state index contributed by atoms with van der Waals surface area (Å²) in [6.45, 7) is 6.07. The molecule has 108 valence electrons. The van der Waals surface area contributed by atoms with Crippen LogP contribution in [0.25, 0.3) is 0 Å². The van der Waals surface area contributed by atoms with Crippen molar-refractivity contribution in [3.05, 3.63) is 0 Å². The van der Waals surface area contributed by atoms with Crippen LogP contribution in [0.15, 0.2) is 0 Å². The summed E-state index contributed by atoms with van der Waals surface area (Å²) in [6.07, 6.45) is 0.788. The molecule has 6 heteroatoms. The van der Waals surface area contributed by atoms with Crippen LogP contribution < -0.4 is 10.6 Å². The van der Waals surface area contributed by atoms with Crippen molar-refractivity contribution in [2.45, 2.75) is 51.2 Å². The number of aliphatic hydroxyl groups is 3. The Labute approximate surface area is 108 Å². The van der Waals surface area contributed by atoms with Crippen LogP contribution in [0.4, 0.5) is 0 Å². The average molecular weight is 262 g/mol. The summed E-state index contributed by atoms with van der Waals surface area (Å²) in [5.41, 5.74) is -1.56. The number of carbonyl (C=O) groups is 1. The van der Waals surface area contributed by atoms with E-state index in [0.29, 0.717) is 0 Å². The van der Waals surface area contributed by atoms with Gasteiger partial charge in [0, 0.05) is 5.54 Å². The van der Waals surface area contributed by atoms with Gasteiger partial charge in [0.25, 0.3) is 0 Å². The zero-order valence-electron chi connectivity index (χ0n) is 11.7. The lowest BCUT2D eigenvalue weighted by Gasteiger charge is -2.33. The highest BCUT2D eigenvalue weighted by Crippen LogP contribution is 2.08. The summed E-state index contributed by atoms with van der Waals surface area (Å²) in [5.74, 6) is -0.235. The molecule has 0 aliphatic carbocycles. The van der Waals surface area contributed by atoms with Gasteiger partial charge in [-0.15, -0.1) is 0 Å². The predicted octanol–water partition coefficient (Wildman–Crippen LogP) is -1.01. The molecule has 1 unspecified atom stereocenters. The molecule has 5 N–H and O–H groups in total. The van der Waals surface area contributed by atoms with E-state index in [0.717, 1.165) is 6.42 Å². The van der Waals surface area contributed by atoms with Gasteiger partial charge in [-0.25, -0.2) is 0 Å². The van der Waals surface area contributed by atoms with Gasteiger partial charge in [-0.2, -0.15) is 0 Å². The minimum Gasteiger partial charge on any atom is -0.394 e. The first-order valence-electron chi connectivity index (χ1n) is 6.18.